The average Bonchev–Trinajstić information content (AvgIpc) is 3.38. The van der Waals surface area contributed by atoms with Crippen molar-refractivity contribution in [3.63, 3.8) is 0 Å². The van der Waals surface area contributed by atoms with Crippen LogP contribution in [0.5, 0.6) is 0 Å². The van der Waals surface area contributed by atoms with Gasteiger partial charge < -0.3 is 4.74 Å². The summed E-state index contributed by atoms with van der Waals surface area (Å²) in [6, 6.07) is 10.2. The second-order valence-corrected chi connectivity index (χ2v) is 8.50. The maximum Gasteiger partial charge on any atom is 0.270 e. The number of thiophene rings is 1. The molecule has 1 aliphatic rings. The molecule has 8 heteroatoms. The van der Waals surface area contributed by atoms with E-state index in [1.54, 1.807) is 11.3 Å². The molecule has 4 rings (SSSR count). The van der Waals surface area contributed by atoms with Crippen LogP contribution in [0.2, 0.25) is 0 Å². The minimum atomic E-state index is 0. The lowest BCUT2D eigenvalue weighted by atomic mass is 10.2. The third-order valence-electron chi connectivity index (χ3n) is 4.80. The van der Waals surface area contributed by atoms with E-state index in [-0.39, 0.29) is 18.3 Å². The van der Waals surface area contributed by atoms with Crippen LogP contribution in [0, 0.1) is 0 Å². The minimum absolute atomic E-state index is 0. The van der Waals surface area contributed by atoms with Crippen molar-refractivity contribution in [1.29, 1.82) is 0 Å². The van der Waals surface area contributed by atoms with Gasteiger partial charge in [-0.1, -0.05) is 30.4 Å². The van der Waals surface area contributed by atoms with Gasteiger partial charge in [0, 0.05) is 26.2 Å². The number of thiazole rings is 1. The number of benzene rings is 1. The molecule has 28 heavy (non-hydrogen) atoms. The molecule has 1 saturated heterocycles. The van der Waals surface area contributed by atoms with E-state index in [0.29, 0.717) is 6.54 Å². The first-order valence-electron chi connectivity index (χ1n) is 9.29. The van der Waals surface area contributed by atoms with Crippen molar-refractivity contribution < 1.29 is 9.53 Å². The monoisotopic (exact) mass is 437 g/mol. The molecule has 0 N–H and O–H groups in total. The summed E-state index contributed by atoms with van der Waals surface area (Å²) in [5, 5.41) is 2.73. The third kappa shape index (κ3) is 4.72. The van der Waals surface area contributed by atoms with Gasteiger partial charge in [0.15, 0.2) is 5.13 Å². The van der Waals surface area contributed by atoms with Gasteiger partial charge in [-0.2, -0.15) is 0 Å². The molecule has 3 heterocycles. The second-order valence-electron chi connectivity index (χ2n) is 6.54. The van der Waals surface area contributed by atoms with Gasteiger partial charge in [-0.05, 0) is 35.6 Å². The standard InChI is InChI=1S/C20H23N3O2S2.ClH/c1-2-15-5-6-16-18(14-15)27-20(21-16)23(19(24)17-4-3-13-26-17)8-7-22-9-11-25-12-10-22;/h3-6,13-14H,2,7-12H2,1H3;1H. The summed E-state index contributed by atoms with van der Waals surface area (Å²) in [6.07, 6.45) is 0.998. The zero-order valence-electron chi connectivity index (χ0n) is 15.8. The number of morpholine rings is 1. The highest BCUT2D eigenvalue weighted by atomic mass is 35.5. The van der Waals surface area contributed by atoms with Crippen molar-refractivity contribution in [2.45, 2.75) is 13.3 Å². The van der Waals surface area contributed by atoms with Crippen molar-refractivity contribution in [1.82, 2.24) is 9.88 Å². The lowest BCUT2D eigenvalue weighted by Gasteiger charge is -2.29. The molecule has 0 unspecified atom stereocenters. The van der Waals surface area contributed by atoms with E-state index in [2.05, 4.69) is 30.0 Å². The molecule has 5 nitrogen and oxygen atoms in total. The fourth-order valence-electron chi connectivity index (χ4n) is 3.18. The molecule has 0 radical (unpaired) electrons. The van der Waals surface area contributed by atoms with Crippen LogP contribution in [0.15, 0.2) is 35.7 Å². The third-order valence-corrected chi connectivity index (χ3v) is 6.70. The van der Waals surface area contributed by atoms with E-state index < -0.39 is 0 Å². The zero-order valence-corrected chi connectivity index (χ0v) is 18.2. The molecule has 3 aromatic rings. The van der Waals surface area contributed by atoms with Crippen LogP contribution in [0.25, 0.3) is 10.2 Å². The van der Waals surface area contributed by atoms with Crippen LogP contribution >= 0.6 is 35.1 Å². The number of anilines is 1. The topological polar surface area (TPSA) is 45.7 Å². The number of aromatic nitrogens is 1. The first kappa shape index (κ1) is 21.2. The summed E-state index contributed by atoms with van der Waals surface area (Å²) in [7, 11) is 0. The Balaban J connectivity index is 0.00000225. The number of halogens is 1. The Bertz CT molecular complexity index is 907. The van der Waals surface area contributed by atoms with Crippen LogP contribution in [0.4, 0.5) is 5.13 Å². The predicted octanol–water partition coefficient (Wildman–Crippen LogP) is 4.32. The number of nitrogens with zero attached hydrogens (tertiary/aromatic N) is 3. The molecule has 150 valence electrons. The Kier molecular flexibility index (Phi) is 7.42. The molecule has 0 aliphatic carbocycles. The number of hydrogen-bond donors (Lipinski definition) is 0. The lowest BCUT2D eigenvalue weighted by Crippen LogP contribution is -2.43. The molecule has 0 saturated carbocycles. The molecular formula is C20H24ClN3O2S2. The molecule has 2 aromatic heterocycles. The first-order chi connectivity index (χ1) is 13.2. The number of carbonyl (C=O) groups excluding carboxylic acids is 1. The summed E-state index contributed by atoms with van der Waals surface area (Å²) >= 11 is 3.08. The fraction of sp³-hybridized carbons (Fsp3) is 0.400. The molecule has 1 amide bonds. The first-order valence-corrected chi connectivity index (χ1v) is 11.0. The van der Waals surface area contributed by atoms with Crippen molar-refractivity contribution >= 4 is 56.3 Å². The number of amides is 1. The van der Waals surface area contributed by atoms with Gasteiger partial charge in [0.05, 0.1) is 28.3 Å². The van der Waals surface area contributed by atoms with Crippen LogP contribution in [-0.2, 0) is 11.2 Å². The SMILES string of the molecule is CCc1ccc2nc(N(CCN3CCOCC3)C(=O)c3cccs3)sc2c1.Cl. The highest BCUT2D eigenvalue weighted by molar-refractivity contribution is 7.22. The summed E-state index contributed by atoms with van der Waals surface area (Å²) < 4.78 is 6.57. The van der Waals surface area contributed by atoms with E-state index in [1.165, 1.54) is 16.9 Å². The minimum Gasteiger partial charge on any atom is -0.379 e. The molecule has 0 spiro atoms. The van der Waals surface area contributed by atoms with Crippen LogP contribution in [0.3, 0.4) is 0 Å². The summed E-state index contributed by atoms with van der Waals surface area (Å²) in [5.41, 5.74) is 2.25. The molecule has 1 fully saturated rings. The predicted molar refractivity (Wildman–Crippen MR) is 120 cm³/mol. The Morgan fingerprint density at radius 2 is 2.11 bits per heavy atom. The molecule has 1 aliphatic heterocycles. The van der Waals surface area contributed by atoms with Gasteiger partial charge in [0.2, 0.25) is 0 Å². The van der Waals surface area contributed by atoms with E-state index >= 15 is 0 Å². The zero-order chi connectivity index (χ0) is 18.6. The smallest absolute Gasteiger partial charge is 0.270 e. The maximum absolute atomic E-state index is 13.1. The number of carbonyl (C=O) groups is 1. The van der Waals surface area contributed by atoms with Crippen LogP contribution in [0.1, 0.15) is 22.2 Å². The van der Waals surface area contributed by atoms with Crippen molar-refractivity contribution in [3.05, 3.63) is 46.2 Å². The number of aryl methyl sites for hydroxylation is 1. The largest absolute Gasteiger partial charge is 0.379 e. The van der Waals surface area contributed by atoms with Crippen LogP contribution < -0.4 is 4.90 Å². The average molecular weight is 438 g/mol. The van der Waals surface area contributed by atoms with Gasteiger partial charge >= 0.3 is 0 Å². The van der Waals surface area contributed by atoms with E-state index in [1.807, 2.05) is 22.4 Å². The van der Waals surface area contributed by atoms with E-state index in [9.17, 15) is 4.79 Å². The maximum atomic E-state index is 13.1. The van der Waals surface area contributed by atoms with Crippen LogP contribution in [-0.4, -0.2) is 55.2 Å². The highest BCUT2D eigenvalue weighted by Crippen LogP contribution is 2.31. The number of rotatable bonds is 6. The van der Waals surface area contributed by atoms with Crippen molar-refractivity contribution in [2.24, 2.45) is 0 Å². The molecular weight excluding hydrogens is 414 g/mol. The van der Waals surface area contributed by atoms with E-state index in [4.69, 9.17) is 9.72 Å². The van der Waals surface area contributed by atoms with Gasteiger partial charge in [0.1, 0.15) is 0 Å². The molecule has 0 atom stereocenters. The normalized spacial score (nSPS) is 14.8. The summed E-state index contributed by atoms with van der Waals surface area (Å²) in [4.78, 5) is 22.9. The number of hydrogen-bond acceptors (Lipinski definition) is 6. The number of ether oxygens (including phenoxy) is 1. The second kappa shape index (κ2) is 9.80. The summed E-state index contributed by atoms with van der Waals surface area (Å²) in [5.74, 6) is 0.0352. The van der Waals surface area contributed by atoms with Gasteiger partial charge in [-0.25, -0.2) is 4.98 Å². The van der Waals surface area contributed by atoms with Gasteiger partial charge in [-0.3, -0.25) is 14.6 Å². The van der Waals surface area contributed by atoms with Crippen molar-refractivity contribution in [2.75, 3.05) is 44.3 Å². The fourth-order valence-corrected chi connectivity index (χ4v) is 4.90. The Morgan fingerprint density at radius 1 is 1.29 bits per heavy atom. The molecule has 1 aromatic carbocycles. The Hall–Kier alpha value is -1.51. The highest BCUT2D eigenvalue weighted by Gasteiger charge is 2.23. The summed E-state index contributed by atoms with van der Waals surface area (Å²) in [6.45, 7) is 6.98. The quantitative estimate of drug-likeness (QED) is 0.576. The van der Waals surface area contributed by atoms with E-state index in [0.717, 1.165) is 59.5 Å². The lowest BCUT2D eigenvalue weighted by molar-refractivity contribution is 0.0391. The molecule has 0 bridgehead atoms. The van der Waals surface area contributed by atoms with Gasteiger partial charge in [0.25, 0.3) is 5.91 Å². The Labute approximate surface area is 179 Å². The van der Waals surface area contributed by atoms with Gasteiger partial charge in [-0.15, -0.1) is 23.7 Å². The van der Waals surface area contributed by atoms with Crippen molar-refractivity contribution in [3.8, 4) is 0 Å². The number of fused-ring (bicyclic) bond motifs is 1. The Morgan fingerprint density at radius 3 is 2.82 bits per heavy atom.